The Morgan fingerprint density at radius 3 is 2.41 bits per heavy atom. The zero-order valence-electron chi connectivity index (χ0n) is 9.58. The quantitative estimate of drug-likeness (QED) is 0.585. The monoisotopic (exact) mass is 291 g/mol. The number of piperidine rings is 1. The van der Waals surface area contributed by atoms with Gasteiger partial charge in [-0.3, -0.25) is 4.79 Å². The zero-order valence-corrected chi connectivity index (χ0v) is 11.2. The Balaban J connectivity index is 2.01. The van der Waals surface area contributed by atoms with Crippen LogP contribution in [0, 0.1) is 12.0 Å². The Kier molecular flexibility index (Phi) is 4.22. The van der Waals surface area contributed by atoms with Crippen LogP contribution >= 0.6 is 15.9 Å². The van der Waals surface area contributed by atoms with Crippen LogP contribution in [0.1, 0.15) is 29.6 Å². The van der Waals surface area contributed by atoms with Gasteiger partial charge in [0.2, 0.25) is 5.78 Å². The van der Waals surface area contributed by atoms with E-state index < -0.39 is 0 Å². The maximum absolute atomic E-state index is 11.8. The summed E-state index contributed by atoms with van der Waals surface area (Å²) in [5.74, 6) is 2.60. The predicted molar refractivity (Wildman–Crippen MR) is 71.7 cm³/mol. The molecule has 0 aliphatic carbocycles. The summed E-state index contributed by atoms with van der Waals surface area (Å²) in [6, 6.07) is 10.2. The number of hydrogen-bond donors (Lipinski definition) is 0. The molecule has 88 valence electrons. The third-order valence-electron chi connectivity index (χ3n) is 2.79. The Morgan fingerprint density at radius 2 is 1.76 bits per heavy atom. The van der Waals surface area contributed by atoms with E-state index in [1.54, 1.807) is 12.1 Å². The van der Waals surface area contributed by atoms with Crippen LogP contribution in [-0.4, -0.2) is 23.8 Å². The van der Waals surface area contributed by atoms with Gasteiger partial charge in [-0.2, -0.15) is 0 Å². The predicted octanol–water partition coefficient (Wildman–Crippen LogP) is 3.08. The number of rotatable bonds is 1. The fourth-order valence-corrected chi connectivity index (χ4v) is 2.07. The summed E-state index contributed by atoms with van der Waals surface area (Å²) in [4.78, 5) is 13.8. The highest BCUT2D eigenvalue weighted by Crippen LogP contribution is 2.11. The maximum Gasteiger partial charge on any atom is 0.237 e. The lowest BCUT2D eigenvalue weighted by Gasteiger charge is -2.21. The van der Waals surface area contributed by atoms with E-state index in [0.717, 1.165) is 17.6 Å². The molecular formula is C14H14BrNO. The van der Waals surface area contributed by atoms with Crippen LogP contribution in [-0.2, 0) is 0 Å². The van der Waals surface area contributed by atoms with E-state index in [4.69, 9.17) is 0 Å². The van der Waals surface area contributed by atoms with E-state index in [2.05, 4.69) is 27.9 Å². The minimum absolute atomic E-state index is 0.108. The summed E-state index contributed by atoms with van der Waals surface area (Å²) in [6.07, 6.45) is 3.64. The van der Waals surface area contributed by atoms with E-state index in [1.165, 1.54) is 19.3 Å². The van der Waals surface area contributed by atoms with Crippen LogP contribution in [0.4, 0.5) is 0 Å². The zero-order chi connectivity index (χ0) is 12.1. The third-order valence-corrected chi connectivity index (χ3v) is 3.32. The fraction of sp³-hybridized carbons (Fsp3) is 0.357. The molecule has 0 aromatic heterocycles. The molecule has 0 spiro atoms. The van der Waals surface area contributed by atoms with Gasteiger partial charge in [0.25, 0.3) is 0 Å². The molecule has 0 N–H and O–H groups in total. The third kappa shape index (κ3) is 3.61. The first-order chi connectivity index (χ1) is 8.25. The van der Waals surface area contributed by atoms with Crippen molar-refractivity contribution in [2.24, 2.45) is 0 Å². The molecule has 1 aliphatic rings. The average Bonchev–Trinajstić information content (AvgIpc) is 2.38. The van der Waals surface area contributed by atoms with Crippen molar-refractivity contribution in [2.45, 2.75) is 19.3 Å². The van der Waals surface area contributed by atoms with Crippen molar-refractivity contribution in [1.82, 2.24) is 4.90 Å². The van der Waals surface area contributed by atoms with Gasteiger partial charge >= 0.3 is 0 Å². The van der Waals surface area contributed by atoms with E-state index >= 15 is 0 Å². The molecule has 1 aliphatic heterocycles. The minimum Gasteiger partial charge on any atom is -0.332 e. The second-order valence-corrected chi connectivity index (χ2v) is 5.04. The standard InChI is InChI=1S/C14H14BrNO/c15-13-6-4-12(5-7-13)14(17)8-11-16-9-2-1-3-10-16/h4-7H,1-3,9-10H2. The van der Waals surface area contributed by atoms with Crippen molar-refractivity contribution in [3.05, 3.63) is 34.3 Å². The van der Waals surface area contributed by atoms with Gasteiger partial charge < -0.3 is 4.90 Å². The molecule has 2 nitrogen and oxygen atoms in total. The van der Waals surface area contributed by atoms with Gasteiger partial charge in [0, 0.05) is 29.2 Å². The van der Waals surface area contributed by atoms with E-state index in [1.807, 2.05) is 17.0 Å². The Labute approximate surface area is 110 Å². The number of halogens is 1. The van der Waals surface area contributed by atoms with Crippen LogP contribution < -0.4 is 0 Å². The SMILES string of the molecule is O=C(C#CN1CCCCC1)c1ccc(Br)cc1. The van der Waals surface area contributed by atoms with Crippen LogP contribution in [0.3, 0.4) is 0 Å². The lowest BCUT2D eigenvalue weighted by atomic mass is 10.1. The summed E-state index contributed by atoms with van der Waals surface area (Å²) in [6.45, 7) is 1.97. The molecular weight excluding hydrogens is 278 g/mol. The summed E-state index contributed by atoms with van der Waals surface area (Å²) < 4.78 is 0.970. The van der Waals surface area contributed by atoms with E-state index in [9.17, 15) is 4.79 Å². The second-order valence-electron chi connectivity index (χ2n) is 4.12. The molecule has 1 heterocycles. The van der Waals surface area contributed by atoms with Gasteiger partial charge in [0.05, 0.1) is 0 Å². The molecule has 1 aromatic rings. The molecule has 1 aromatic carbocycles. The Bertz CT molecular complexity index is 449. The van der Waals surface area contributed by atoms with Crippen molar-refractivity contribution in [2.75, 3.05) is 13.1 Å². The van der Waals surface area contributed by atoms with Gasteiger partial charge in [0.15, 0.2) is 0 Å². The first-order valence-corrected chi connectivity index (χ1v) is 6.61. The molecule has 3 heteroatoms. The van der Waals surface area contributed by atoms with Gasteiger partial charge in [-0.05, 0) is 49.4 Å². The molecule has 0 saturated carbocycles. The molecule has 1 fully saturated rings. The Hall–Kier alpha value is -1.27. The number of Topliss-reactive ketones (excluding diaryl/α,β-unsaturated/α-hetero) is 1. The average molecular weight is 292 g/mol. The van der Waals surface area contributed by atoms with Gasteiger partial charge in [-0.1, -0.05) is 15.9 Å². The molecule has 0 bridgehead atoms. The highest BCUT2D eigenvalue weighted by Gasteiger charge is 2.06. The number of likely N-dealkylation sites (tertiary alicyclic amines) is 1. The van der Waals surface area contributed by atoms with Gasteiger partial charge in [0.1, 0.15) is 0 Å². The second kappa shape index (κ2) is 5.88. The highest BCUT2D eigenvalue weighted by atomic mass is 79.9. The van der Waals surface area contributed by atoms with Crippen molar-refractivity contribution < 1.29 is 4.79 Å². The smallest absolute Gasteiger partial charge is 0.237 e. The van der Waals surface area contributed by atoms with Crippen molar-refractivity contribution >= 4 is 21.7 Å². The molecule has 17 heavy (non-hydrogen) atoms. The van der Waals surface area contributed by atoms with Crippen LogP contribution in [0.25, 0.3) is 0 Å². The van der Waals surface area contributed by atoms with Gasteiger partial charge in [-0.15, -0.1) is 0 Å². The normalized spacial score (nSPS) is 15.0. The molecule has 0 unspecified atom stereocenters. The number of carbonyl (C=O) groups excluding carboxylic acids is 1. The molecule has 2 rings (SSSR count). The van der Waals surface area contributed by atoms with Crippen LogP contribution in [0.5, 0.6) is 0 Å². The molecule has 1 saturated heterocycles. The summed E-state index contributed by atoms with van der Waals surface area (Å²) in [5.41, 5.74) is 0.651. The number of carbonyl (C=O) groups is 1. The minimum atomic E-state index is -0.108. The van der Waals surface area contributed by atoms with Crippen molar-refractivity contribution in [3.63, 3.8) is 0 Å². The van der Waals surface area contributed by atoms with Crippen LogP contribution in [0.15, 0.2) is 28.7 Å². The number of benzene rings is 1. The number of hydrogen-bond acceptors (Lipinski definition) is 2. The fourth-order valence-electron chi connectivity index (χ4n) is 1.81. The molecule has 0 amide bonds. The van der Waals surface area contributed by atoms with E-state index in [0.29, 0.717) is 5.56 Å². The largest absolute Gasteiger partial charge is 0.332 e. The van der Waals surface area contributed by atoms with Gasteiger partial charge in [-0.25, -0.2) is 0 Å². The summed E-state index contributed by atoms with van der Waals surface area (Å²) in [7, 11) is 0. The van der Waals surface area contributed by atoms with Crippen molar-refractivity contribution in [1.29, 1.82) is 0 Å². The van der Waals surface area contributed by atoms with Crippen molar-refractivity contribution in [3.8, 4) is 12.0 Å². The molecule has 0 atom stereocenters. The lowest BCUT2D eigenvalue weighted by molar-refractivity contribution is 0.105. The first kappa shape index (κ1) is 12.2. The lowest BCUT2D eigenvalue weighted by Crippen LogP contribution is -2.24. The molecule has 0 radical (unpaired) electrons. The summed E-state index contributed by atoms with van der Waals surface area (Å²) >= 11 is 3.34. The topological polar surface area (TPSA) is 20.3 Å². The maximum atomic E-state index is 11.8. The Morgan fingerprint density at radius 1 is 1.12 bits per heavy atom. The first-order valence-electron chi connectivity index (χ1n) is 5.82. The van der Waals surface area contributed by atoms with E-state index in [-0.39, 0.29) is 5.78 Å². The summed E-state index contributed by atoms with van der Waals surface area (Å²) in [5, 5.41) is 0. The number of nitrogens with zero attached hydrogens (tertiary/aromatic N) is 1. The van der Waals surface area contributed by atoms with Crippen LogP contribution in [0.2, 0.25) is 0 Å². The highest BCUT2D eigenvalue weighted by molar-refractivity contribution is 9.10. The number of ketones is 1.